The van der Waals surface area contributed by atoms with Crippen molar-refractivity contribution in [1.82, 2.24) is 29.3 Å². The van der Waals surface area contributed by atoms with Gasteiger partial charge in [0.1, 0.15) is 11.6 Å². The van der Waals surface area contributed by atoms with E-state index in [9.17, 15) is 17.6 Å². The SMILES string of the molecule is O=c1[nH]c(C2CCN(S(=O)(=O)C=Cc3ccccc3)CC2)nc2c1nnn2Cc1ccc(F)cc1. The van der Waals surface area contributed by atoms with Crippen molar-refractivity contribution in [2.75, 3.05) is 13.1 Å². The Morgan fingerprint density at radius 3 is 2.49 bits per heavy atom. The van der Waals surface area contributed by atoms with Crippen molar-refractivity contribution in [3.8, 4) is 0 Å². The van der Waals surface area contributed by atoms with Gasteiger partial charge in [-0.3, -0.25) is 4.79 Å². The van der Waals surface area contributed by atoms with Crippen LogP contribution in [0, 0.1) is 5.82 Å². The number of aromatic amines is 1. The fraction of sp³-hybridized carbons (Fsp3) is 0.250. The van der Waals surface area contributed by atoms with Gasteiger partial charge in [0.15, 0.2) is 11.2 Å². The average Bonchev–Trinajstić information content (AvgIpc) is 3.28. The van der Waals surface area contributed by atoms with Crippen molar-refractivity contribution in [1.29, 1.82) is 0 Å². The lowest BCUT2D eigenvalue weighted by molar-refractivity contribution is 0.316. The van der Waals surface area contributed by atoms with Crippen LogP contribution in [-0.4, -0.2) is 50.8 Å². The number of nitrogens with one attached hydrogen (secondary N) is 1. The van der Waals surface area contributed by atoms with Crippen molar-refractivity contribution in [3.05, 3.63) is 93.1 Å². The zero-order chi connectivity index (χ0) is 24.4. The van der Waals surface area contributed by atoms with Crippen LogP contribution < -0.4 is 5.56 Å². The topological polar surface area (TPSA) is 114 Å². The molecule has 180 valence electrons. The maximum atomic E-state index is 13.2. The van der Waals surface area contributed by atoms with E-state index in [0.717, 1.165) is 11.1 Å². The van der Waals surface area contributed by atoms with E-state index >= 15 is 0 Å². The van der Waals surface area contributed by atoms with Gasteiger partial charge in [-0.2, -0.15) is 4.31 Å². The third-order valence-electron chi connectivity index (χ3n) is 6.07. The number of sulfonamides is 1. The summed E-state index contributed by atoms with van der Waals surface area (Å²) in [6, 6.07) is 15.2. The van der Waals surface area contributed by atoms with Crippen molar-refractivity contribution < 1.29 is 12.8 Å². The molecule has 2 aromatic carbocycles. The van der Waals surface area contributed by atoms with E-state index in [1.165, 1.54) is 26.5 Å². The molecule has 11 heteroatoms. The molecule has 1 aliphatic rings. The number of halogens is 1. The highest BCUT2D eigenvalue weighted by molar-refractivity contribution is 7.92. The van der Waals surface area contributed by atoms with Crippen LogP contribution in [0.4, 0.5) is 4.39 Å². The number of rotatable bonds is 6. The zero-order valence-corrected chi connectivity index (χ0v) is 19.5. The van der Waals surface area contributed by atoms with Crippen LogP contribution in [-0.2, 0) is 16.6 Å². The Bertz CT molecular complexity index is 1520. The molecule has 0 spiro atoms. The molecule has 0 atom stereocenters. The van der Waals surface area contributed by atoms with Gasteiger partial charge in [0.05, 0.1) is 6.54 Å². The molecule has 1 aliphatic heterocycles. The van der Waals surface area contributed by atoms with Crippen LogP contribution in [0.15, 0.2) is 64.8 Å². The van der Waals surface area contributed by atoms with Crippen LogP contribution in [0.3, 0.4) is 0 Å². The largest absolute Gasteiger partial charge is 0.308 e. The van der Waals surface area contributed by atoms with Crippen LogP contribution >= 0.6 is 0 Å². The molecule has 3 heterocycles. The highest BCUT2D eigenvalue weighted by Crippen LogP contribution is 2.27. The van der Waals surface area contributed by atoms with E-state index < -0.39 is 15.6 Å². The van der Waals surface area contributed by atoms with E-state index in [4.69, 9.17) is 0 Å². The number of benzene rings is 2. The quantitative estimate of drug-likeness (QED) is 0.441. The number of H-pyrrole nitrogens is 1. The van der Waals surface area contributed by atoms with Crippen LogP contribution in [0.2, 0.25) is 0 Å². The molecule has 2 aromatic heterocycles. The number of hydrogen-bond acceptors (Lipinski definition) is 6. The van der Waals surface area contributed by atoms with E-state index in [-0.39, 0.29) is 23.8 Å². The summed E-state index contributed by atoms with van der Waals surface area (Å²) in [5.74, 6) is 0.0471. The first-order valence-electron chi connectivity index (χ1n) is 11.2. The van der Waals surface area contributed by atoms with Crippen LogP contribution in [0.5, 0.6) is 0 Å². The molecule has 35 heavy (non-hydrogen) atoms. The second-order valence-electron chi connectivity index (χ2n) is 8.43. The Labute approximate surface area is 201 Å². The molecule has 0 aliphatic carbocycles. The van der Waals surface area contributed by atoms with Gasteiger partial charge in [-0.15, -0.1) is 5.10 Å². The smallest absolute Gasteiger partial charge is 0.281 e. The monoisotopic (exact) mass is 494 g/mol. The van der Waals surface area contributed by atoms with Crippen molar-refractivity contribution >= 4 is 27.3 Å². The number of nitrogens with zero attached hydrogens (tertiary/aromatic N) is 5. The predicted octanol–water partition coefficient (Wildman–Crippen LogP) is 2.88. The second kappa shape index (κ2) is 9.51. The minimum absolute atomic E-state index is 0.106. The fourth-order valence-electron chi connectivity index (χ4n) is 4.14. The molecule has 1 fully saturated rings. The van der Waals surface area contributed by atoms with Gasteiger partial charge in [0.25, 0.3) is 5.56 Å². The first-order chi connectivity index (χ1) is 16.9. The Morgan fingerprint density at radius 2 is 1.77 bits per heavy atom. The summed E-state index contributed by atoms with van der Waals surface area (Å²) in [5, 5.41) is 9.22. The highest BCUT2D eigenvalue weighted by atomic mass is 32.2. The molecular formula is C24H23FN6O3S. The Kier molecular flexibility index (Phi) is 6.27. The maximum absolute atomic E-state index is 13.2. The molecule has 0 radical (unpaired) electrons. The predicted molar refractivity (Wildman–Crippen MR) is 129 cm³/mol. The fourth-order valence-corrected chi connectivity index (χ4v) is 5.37. The molecule has 1 saturated heterocycles. The van der Waals surface area contributed by atoms with Gasteiger partial charge in [0, 0.05) is 24.4 Å². The zero-order valence-electron chi connectivity index (χ0n) is 18.7. The summed E-state index contributed by atoms with van der Waals surface area (Å²) < 4.78 is 41.7. The number of hydrogen-bond donors (Lipinski definition) is 1. The second-order valence-corrected chi connectivity index (χ2v) is 10.2. The van der Waals surface area contributed by atoms with Gasteiger partial charge >= 0.3 is 0 Å². The van der Waals surface area contributed by atoms with Crippen LogP contribution in [0.25, 0.3) is 17.2 Å². The summed E-state index contributed by atoms with van der Waals surface area (Å²) in [7, 11) is -3.56. The Balaban J connectivity index is 1.32. The number of fused-ring (bicyclic) bond motifs is 1. The van der Waals surface area contributed by atoms with Gasteiger partial charge < -0.3 is 4.98 Å². The Hall–Kier alpha value is -3.70. The Morgan fingerprint density at radius 1 is 1.06 bits per heavy atom. The molecule has 0 amide bonds. The normalized spacial score (nSPS) is 15.8. The lowest BCUT2D eigenvalue weighted by Gasteiger charge is -2.29. The summed E-state index contributed by atoms with van der Waals surface area (Å²) in [4.78, 5) is 20.0. The highest BCUT2D eigenvalue weighted by Gasteiger charge is 2.29. The third-order valence-corrected chi connectivity index (χ3v) is 7.64. The molecule has 1 N–H and O–H groups in total. The summed E-state index contributed by atoms with van der Waals surface area (Å²) in [5.41, 5.74) is 1.68. The summed E-state index contributed by atoms with van der Waals surface area (Å²) >= 11 is 0. The lowest BCUT2D eigenvalue weighted by atomic mass is 9.97. The van der Waals surface area contributed by atoms with Gasteiger partial charge in [-0.1, -0.05) is 47.7 Å². The van der Waals surface area contributed by atoms with E-state index in [1.807, 2.05) is 30.3 Å². The molecule has 9 nitrogen and oxygen atoms in total. The summed E-state index contributed by atoms with van der Waals surface area (Å²) in [6.45, 7) is 0.930. The molecular weight excluding hydrogens is 471 g/mol. The standard InChI is InChI=1S/C24H23FN6O3S/c25-20-8-6-18(7-9-20)16-31-23-21(28-29-31)24(32)27-22(26-23)19-10-13-30(14-11-19)35(33,34)15-12-17-4-2-1-3-5-17/h1-9,12,15,19H,10-11,13-14,16H2,(H,26,27,32). The van der Waals surface area contributed by atoms with Gasteiger partial charge in [-0.05, 0) is 42.2 Å². The third kappa shape index (κ3) is 5.05. The van der Waals surface area contributed by atoms with Gasteiger partial charge in [-0.25, -0.2) is 22.5 Å². The molecule has 4 aromatic rings. The van der Waals surface area contributed by atoms with E-state index in [0.29, 0.717) is 37.4 Å². The van der Waals surface area contributed by atoms with Crippen molar-refractivity contribution in [2.24, 2.45) is 0 Å². The minimum atomic E-state index is -3.56. The first-order valence-corrected chi connectivity index (χ1v) is 12.7. The first kappa shape index (κ1) is 23.1. The molecule has 5 rings (SSSR count). The number of piperidine rings is 1. The number of aromatic nitrogens is 5. The maximum Gasteiger partial charge on any atom is 0.281 e. The van der Waals surface area contributed by atoms with Crippen LogP contribution in [0.1, 0.15) is 35.7 Å². The minimum Gasteiger partial charge on any atom is -0.308 e. The average molecular weight is 495 g/mol. The molecule has 0 bridgehead atoms. The van der Waals surface area contributed by atoms with E-state index in [1.54, 1.807) is 18.2 Å². The summed E-state index contributed by atoms with van der Waals surface area (Å²) in [6.07, 6.45) is 2.63. The lowest BCUT2D eigenvalue weighted by Crippen LogP contribution is -2.37. The molecule has 0 saturated carbocycles. The van der Waals surface area contributed by atoms with Gasteiger partial charge in [0.2, 0.25) is 10.0 Å². The van der Waals surface area contributed by atoms with Crippen molar-refractivity contribution in [3.63, 3.8) is 0 Å². The van der Waals surface area contributed by atoms with Crippen molar-refractivity contribution in [2.45, 2.75) is 25.3 Å². The van der Waals surface area contributed by atoms with E-state index in [2.05, 4.69) is 20.3 Å². The molecule has 0 unspecified atom stereocenters.